The van der Waals surface area contributed by atoms with Crippen LogP contribution in [0.25, 0.3) is 11.0 Å². The molecular weight excluding hydrogens is 428 g/mol. The second-order valence-corrected chi connectivity index (χ2v) is 10.3. The van der Waals surface area contributed by atoms with Gasteiger partial charge in [-0.25, -0.2) is 14.6 Å². The number of nitrogens with zero attached hydrogens (tertiary/aromatic N) is 4. The van der Waals surface area contributed by atoms with Crippen LogP contribution in [-0.4, -0.2) is 49.2 Å². The van der Waals surface area contributed by atoms with Crippen LogP contribution in [0, 0.1) is 0 Å². The average molecular weight is 459 g/mol. The van der Waals surface area contributed by atoms with Crippen LogP contribution in [0.1, 0.15) is 33.3 Å². The lowest BCUT2D eigenvalue weighted by atomic mass is 10.2. The molecule has 0 saturated heterocycles. The summed E-state index contributed by atoms with van der Waals surface area (Å²) in [5.74, 6) is 2.10. The topological polar surface area (TPSA) is 84.7 Å². The highest BCUT2D eigenvalue weighted by atomic mass is 32.2. The highest BCUT2D eigenvalue weighted by molar-refractivity contribution is 7.99. The van der Waals surface area contributed by atoms with E-state index in [2.05, 4.69) is 60.5 Å². The minimum atomic E-state index is 0.0326. The number of aromatic nitrogens is 4. The van der Waals surface area contributed by atoms with E-state index in [1.165, 1.54) is 5.56 Å². The van der Waals surface area contributed by atoms with Gasteiger partial charge in [-0.05, 0) is 19.4 Å². The summed E-state index contributed by atoms with van der Waals surface area (Å²) >= 11 is 3.24. The van der Waals surface area contributed by atoms with Gasteiger partial charge < -0.3 is 10.6 Å². The lowest BCUT2D eigenvalue weighted by molar-refractivity contribution is -0.118. The van der Waals surface area contributed by atoms with E-state index < -0.39 is 0 Å². The monoisotopic (exact) mass is 458 g/mol. The van der Waals surface area contributed by atoms with E-state index in [0.29, 0.717) is 24.1 Å². The van der Waals surface area contributed by atoms with E-state index in [0.717, 1.165) is 27.8 Å². The molecule has 0 aliphatic carbocycles. The van der Waals surface area contributed by atoms with Crippen molar-refractivity contribution in [3.05, 3.63) is 42.1 Å². The van der Waals surface area contributed by atoms with Crippen molar-refractivity contribution in [2.45, 2.75) is 56.4 Å². The molecule has 3 aromatic rings. The number of hydrogen-bond donors (Lipinski definition) is 2. The maximum Gasteiger partial charge on any atom is 0.230 e. The number of amides is 1. The molecule has 0 aliphatic heterocycles. The third-order valence-electron chi connectivity index (χ3n) is 4.23. The number of nitrogens with one attached hydrogen (secondary N) is 2. The zero-order valence-electron chi connectivity index (χ0n) is 18.5. The van der Waals surface area contributed by atoms with Crippen LogP contribution in [0.5, 0.6) is 0 Å². The number of benzene rings is 1. The Hall–Kier alpha value is -2.26. The van der Waals surface area contributed by atoms with Gasteiger partial charge in [-0.15, -0.1) is 11.8 Å². The Morgan fingerprint density at radius 1 is 1.13 bits per heavy atom. The lowest BCUT2D eigenvalue weighted by Gasteiger charge is -2.12. The fourth-order valence-corrected chi connectivity index (χ4v) is 4.46. The first-order valence-electron chi connectivity index (χ1n) is 10.5. The molecule has 0 bridgehead atoms. The standard InChI is InChI=1S/C22H30N6OS2/c1-15(2)25-20-18-12-24-28(21(18)27-22(26-20)31-16(3)4)11-10-23-19(29)14-30-13-17-8-6-5-7-9-17/h5-9,12,15-16H,10-11,13-14H2,1-4H3,(H,23,29)(H,25,26,27). The third-order valence-corrected chi connectivity index (χ3v) is 6.10. The van der Waals surface area contributed by atoms with Gasteiger partial charge in [0, 0.05) is 23.6 Å². The second kappa shape index (κ2) is 11.4. The first-order chi connectivity index (χ1) is 14.9. The van der Waals surface area contributed by atoms with Crippen molar-refractivity contribution in [2.75, 3.05) is 17.6 Å². The first-order valence-corrected chi connectivity index (χ1v) is 12.5. The van der Waals surface area contributed by atoms with Gasteiger partial charge in [0.15, 0.2) is 10.8 Å². The summed E-state index contributed by atoms with van der Waals surface area (Å²) in [4.78, 5) is 21.6. The summed E-state index contributed by atoms with van der Waals surface area (Å²) in [6.45, 7) is 9.47. The van der Waals surface area contributed by atoms with Gasteiger partial charge in [0.25, 0.3) is 0 Å². The number of thioether (sulfide) groups is 2. The van der Waals surface area contributed by atoms with Crippen LogP contribution in [0.4, 0.5) is 5.82 Å². The number of rotatable bonds is 11. The maximum absolute atomic E-state index is 12.2. The zero-order chi connectivity index (χ0) is 22.2. The van der Waals surface area contributed by atoms with Crippen LogP contribution in [-0.2, 0) is 17.1 Å². The molecule has 0 saturated carbocycles. The summed E-state index contributed by atoms with van der Waals surface area (Å²) in [6, 6.07) is 10.4. The van der Waals surface area contributed by atoms with Crippen molar-refractivity contribution in [3.63, 3.8) is 0 Å². The van der Waals surface area contributed by atoms with E-state index in [9.17, 15) is 4.79 Å². The van der Waals surface area contributed by atoms with Crippen molar-refractivity contribution in [3.8, 4) is 0 Å². The molecule has 166 valence electrons. The van der Waals surface area contributed by atoms with Crippen LogP contribution in [0.2, 0.25) is 0 Å². The van der Waals surface area contributed by atoms with Crippen LogP contribution < -0.4 is 10.6 Å². The molecule has 1 aromatic carbocycles. The van der Waals surface area contributed by atoms with Crippen LogP contribution >= 0.6 is 23.5 Å². The third kappa shape index (κ3) is 7.14. The minimum Gasteiger partial charge on any atom is -0.367 e. The molecule has 0 atom stereocenters. The second-order valence-electron chi connectivity index (χ2n) is 7.75. The highest BCUT2D eigenvalue weighted by Crippen LogP contribution is 2.26. The molecule has 0 fully saturated rings. The van der Waals surface area contributed by atoms with Gasteiger partial charge in [-0.1, -0.05) is 55.9 Å². The van der Waals surface area contributed by atoms with E-state index >= 15 is 0 Å². The Morgan fingerprint density at radius 3 is 2.61 bits per heavy atom. The van der Waals surface area contributed by atoms with Crippen molar-refractivity contribution < 1.29 is 4.79 Å². The van der Waals surface area contributed by atoms with Crippen molar-refractivity contribution in [1.29, 1.82) is 0 Å². The van der Waals surface area contributed by atoms with Gasteiger partial charge in [0.2, 0.25) is 5.91 Å². The van der Waals surface area contributed by atoms with Gasteiger partial charge in [0.1, 0.15) is 5.82 Å². The summed E-state index contributed by atoms with van der Waals surface area (Å²) in [5, 5.41) is 12.9. The number of carbonyl (C=O) groups is 1. The lowest BCUT2D eigenvalue weighted by Crippen LogP contribution is -2.29. The Labute approximate surface area is 192 Å². The Morgan fingerprint density at radius 2 is 1.90 bits per heavy atom. The molecule has 3 rings (SSSR count). The maximum atomic E-state index is 12.2. The smallest absolute Gasteiger partial charge is 0.230 e. The normalized spacial score (nSPS) is 11.4. The first kappa shape index (κ1) is 23.4. The molecule has 0 spiro atoms. The zero-order valence-corrected chi connectivity index (χ0v) is 20.1. The highest BCUT2D eigenvalue weighted by Gasteiger charge is 2.15. The van der Waals surface area contributed by atoms with Crippen LogP contribution in [0.15, 0.2) is 41.7 Å². The molecule has 31 heavy (non-hydrogen) atoms. The summed E-state index contributed by atoms with van der Waals surface area (Å²) < 4.78 is 1.84. The largest absolute Gasteiger partial charge is 0.367 e. The molecule has 0 radical (unpaired) electrons. The number of hydrogen-bond acceptors (Lipinski definition) is 7. The van der Waals surface area contributed by atoms with Gasteiger partial charge >= 0.3 is 0 Å². The molecule has 2 heterocycles. The van der Waals surface area contributed by atoms with Crippen LogP contribution in [0.3, 0.4) is 0 Å². The van der Waals surface area contributed by atoms with E-state index in [-0.39, 0.29) is 11.9 Å². The van der Waals surface area contributed by atoms with Gasteiger partial charge in [-0.2, -0.15) is 5.10 Å². The number of anilines is 1. The minimum absolute atomic E-state index is 0.0326. The van der Waals surface area contributed by atoms with Crippen molar-refractivity contribution >= 4 is 46.3 Å². The van der Waals surface area contributed by atoms with E-state index in [4.69, 9.17) is 4.98 Å². The molecule has 0 aliphatic rings. The van der Waals surface area contributed by atoms with Gasteiger partial charge in [-0.3, -0.25) is 4.79 Å². The van der Waals surface area contributed by atoms with E-state index in [1.807, 2.05) is 22.9 Å². The number of fused-ring (bicyclic) bond motifs is 1. The molecule has 0 unspecified atom stereocenters. The fraction of sp³-hybridized carbons (Fsp3) is 0.455. The Kier molecular flexibility index (Phi) is 8.60. The molecular formula is C22H30N6OS2. The summed E-state index contributed by atoms with van der Waals surface area (Å²) in [5.41, 5.74) is 2.01. The Bertz CT molecular complexity index is 990. The summed E-state index contributed by atoms with van der Waals surface area (Å²) in [6.07, 6.45) is 1.79. The van der Waals surface area contributed by atoms with Gasteiger partial charge in [0.05, 0.1) is 23.9 Å². The SMILES string of the molecule is CC(C)Nc1nc(SC(C)C)nc2c1cnn2CCNC(=O)CSCc1ccccc1. The molecule has 7 nitrogen and oxygen atoms in total. The number of carbonyl (C=O) groups excluding carboxylic acids is 1. The van der Waals surface area contributed by atoms with Crippen molar-refractivity contribution in [1.82, 2.24) is 25.1 Å². The molecule has 1 amide bonds. The predicted molar refractivity (Wildman–Crippen MR) is 131 cm³/mol. The quantitative estimate of drug-likeness (QED) is 0.329. The fourth-order valence-electron chi connectivity index (χ4n) is 2.93. The average Bonchev–Trinajstić information content (AvgIpc) is 3.11. The predicted octanol–water partition coefficient (Wildman–Crippen LogP) is 4.20. The molecule has 9 heteroatoms. The molecule has 2 N–H and O–H groups in total. The molecule has 2 aromatic heterocycles. The van der Waals surface area contributed by atoms with Crippen molar-refractivity contribution in [2.24, 2.45) is 0 Å². The Balaban J connectivity index is 1.58. The summed E-state index contributed by atoms with van der Waals surface area (Å²) in [7, 11) is 0. The van der Waals surface area contributed by atoms with E-state index in [1.54, 1.807) is 29.7 Å².